The van der Waals surface area contributed by atoms with Crippen LogP contribution in [0, 0.1) is 5.92 Å². The Bertz CT molecular complexity index is 659. The topological polar surface area (TPSA) is 94.9 Å². The van der Waals surface area contributed by atoms with Crippen LogP contribution < -0.4 is 10.6 Å². The zero-order valence-electron chi connectivity index (χ0n) is 15.1. The predicted molar refractivity (Wildman–Crippen MR) is 108 cm³/mol. The van der Waals surface area contributed by atoms with Gasteiger partial charge in [0.1, 0.15) is 0 Å². The van der Waals surface area contributed by atoms with Gasteiger partial charge < -0.3 is 15.5 Å². The average molecular weight is 475 g/mol. The molecule has 0 saturated carbocycles. The number of imide groups is 1. The van der Waals surface area contributed by atoms with E-state index in [0.717, 1.165) is 31.9 Å². The normalized spacial score (nSPS) is 20.4. The number of guanidine groups is 1. The third kappa shape index (κ3) is 4.86. The Morgan fingerprint density at radius 2 is 2.27 bits per heavy atom. The first-order valence-corrected chi connectivity index (χ1v) is 8.58. The summed E-state index contributed by atoms with van der Waals surface area (Å²) in [6.45, 7) is 2.83. The molecule has 1 atom stereocenters. The molecule has 0 aromatic carbocycles. The highest BCUT2D eigenvalue weighted by atomic mass is 127. The number of likely N-dealkylation sites (tertiary alicyclic amines) is 1. The summed E-state index contributed by atoms with van der Waals surface area (Å²) in [6, 6.07) is -0.320. The third-order valence-corrected chi connectivity index (χ3v) is 4.64. The van der Waals surface area contributed by atoms with Crippen molar-refractivity contribution in [1.82, 2.24) is 30.2 Å². The highest BCUT2D eigenvalue weighted by molar-refractivity contribution is 14.0. The number of carbonyl (C=O) groups excluding carboxylic acids is 2. The molecule has 1 aromatic heterocycles. The SMILES string of the molecule is CN=C(NCCN1C(=O)CNC1=O)N1CCC(Cc2cnn(C)c2)C1.I. The molecule has 3 rings (SSSR count). The molecule has 144 valence electrons. The zero-order valence-corrected chi connectivity index (χ0v) is 17.5. The van der Waals surface area contributed by atoms with Gasteiger partial charge in [0.2, 0.25) is 5.91 Å². The van der Waals surface area contributed by atoms with Crippen LogP contribution in [0.25, 0.3) is 0 Å². The lowest BCUT2D eigenvalue weighted by atomic mass is 10.0. The smallest absolute Gasteiger partial charge is 0.324 e. The monoisotopic (exact) mass is 475 g/mol. The van der Waals surface area contributed by atoms with Crippen molar-refractivity contribution in [3.05, 3.63) is 18.0 Å². The van der Waals surface area contributed by atoms with Gasteiger partial charge >= 0.3 is 6.03 Å². The second-order valence-electron chi connectivity index (χ2n) is 6.51. The van der Waals surface area contributed by atoms with Gasteiger partial charge in [0.05, 0.1) is 12.7 Å². The molecule has 9 nitrogen and oxygen atoms in total. The van der Waals surface area contributed by atoms with Crippen LogP contribution in [0.4, 0.5) is 4.79 Å². The summed E-state index contributed by atoms with van der Waals surface area (Å²) in [5.74, 6) is 1.22. The molecule has 2 aliphatic rings. The van der Waals surface area contributed by atoms with Gasteiger partial charge in [0, 0.05) is 46.5 Å². The van der Waals surface area contributed by atoms with Crippen LogP contribution in [0.1, 0.15) is 12.0 Å². The van der Waals surface area contributed by atoms with Crippen LogP contribution in [-0.4, -0.2) is 77.2 Å². The van der Waals surface area contributed by atoms with Crippen LogP contribution in [0.15, 0.2) is 17.4 Å². The van der Waals surface area contributed by atoms with E-state index in [1.165, 1.54) is 10.5 Å². The molecular formula is C16H26IN7O2. The van der Waals surface area contributed by atoms with Crippen LogP contribution >= 0.6 is 24.0 Å². The van der Waals surface area contributed by atoms with Gasteiger partial charge in [0.25, 0.3) is 0 Å². The molecule has 0 radical (unpaired) electrons. The maximum Gasteiger partial charge on any atom is 0.324 e. The van der Waals surface area contributed by atoms with E-state index >= 15 is 0 Å². The van der Waals surface area contributed by atoms with Gasteiger partial charge in [0.15, 0.2) is 5.96 Å². The van der Waals surface area contributed by atoms with Crippen molar-refractivity contribution in [2.75, 3.05) is 39.8 Å². The summed E-state index contributed by atoms with van der Waals surface area (Å²) < 4.78 is 1.83. The van der Waals surface area contributed by atoms with Crippen LogP contribution in [-0.2, 0) is 18.3 Å². The summed E-state index contributed by atoms with van der Waals surface area (Å²) >= 11 is 0. The Morgan fingerprint density at radius 1 is 1.46 bits per heavy atom. The van der Waals surface area contributed by atoms with Crippen molar-refractivity contribution in [3.8, 4) is 0 Å². The second-order valence-corrected chi connectivity index (χ2v) is 6.51. The minimum Gasteiger partial charge on any atom is -0.354 e. The van der Waals surface area contributed by atoms with Crippen LogP contribution in [0.2, 0.25) is 0 Å². The average Bonchev–Trinajstić information content (AvgIpc) is 3.29. The van der Waals surface area contributed by atoms with Crippen LogP contribution in [0.3, 0.4) is 0 Å². The second kappa shape index (κ2) is 9.19. The van der Waals surface area contributed by atoms with Crippen molar-refractivity contribution in [2.45, 2.75) is 12.8 Å². The Morgan fingerprint density at radius 3 is 2.88 bits per heavy atom. The number of halogens is 1. The van der Waals surface area contributed by atoms with E-state index in [0.29, 0.717) is 19.0 Å². The van der Waals surface area contributed by atoms with Gasteiger partial charge in [-0.05, 0) is 24.3 Å². The quantitative estimate of drug-likeness (QED) is 0.271. The molecule has 3 amide bonds. The number of amides is 3. The van der Waals surface area contributed by atoms with E-state index in [1.807, 2.05) is 17.9 Å². The number of aromatic nitrogens is 2. The zero-order chi connectivity index (χ0) is 17.8. The molecule has 1 aromatic rings. The fraction of sp³-hybridized carbons (Fsp3) is 0.625. The Labute approximate surface area is 170 Å². The summed E-state index contributed by atoms with van der Waals surface area (Å²) in [5.41, 5.74) is 1.26. The van der Waals surface area contributed by atoms with E-state index in [9.17, 15) is 9.59 Å². The lowest BCUT2D eigenvalue weighted by Crippen LogP contribution is -2.44. The molecule has 10 heteroatoms. The van der Waals surface area contributed by atoms with E-state index in [2.05, 4.69) is 31.8 Å². The molecule has 26 heavy (non-hydrogen) atoms. The molecule has 3 heterocycles. The van der Waals surface area contributed by atoms with E-state index in [1.54, 1.807) is 7.05 Å². The number of aryl methyl sites for hydroxylation is 1. The highest BCUT2D eigenvalue weighted by Crippen LogP contribution is 2.20. The maximum atomic E-state index is 11.6. The first-order valence-electron chi connectivity index (χ1n) is 8.58. The minimum absolute atomic E-state index is 0. The van der Waals surface area contributed by atoms with Gasteiger partial charge in [-0.3, -0.25) is 19.4 Å². The van der Waals surface area contributed by atoms with Gasteiger partial charge in [-0.2, -0.15) is 5.10 Å². The number of urea groups is 1. The van der Waals surface area contributed by atoms with Crippen molar-refractivity contribution in [2.24, 2.45) is 18.0 Å². The summed E-state index contributed by atoms with van der Waals surface area (Å²) in [6.07, 6.45) is 6.12. The number of carbonyl (C=O) groups is 2. The third-order valence-electron chi connectivity index (χ3n) is 4.64. The van der Waals surface area contributed by atoms with Gasteiger partial charge in [-0.15, -0.1) is 24.0 Å². The summed E-state index contributed by atoms with van der Waals surface area (Å²) in [5, 5.41) is 9.99. The van der Waals surface area contributed by atoms with Crippen molar-refractivity contribution in [1.29, 1.82) is 0 Å². The van der Waals surface area contributed by atoms with E-state index < -0.39 is 0 Å². The van der Waals surface area contributed by atoms with Gasteiger partial charge in [-0.25, -0.2) is 4.79 Å². The highest BCUT2D eigenvalue weighted by Gasteiger charge is 2.28. The molecule has 2 N–H and O–H groups in total. The molecule has 0 aliphatic carbocycles. The molecule has 2 aliphatic heterocycles. The molecular weight excluding hydrogens is 449 g/mol. The number of hydrogen-bond donors (Lipinski definition) is 2. The lowest BCUT2D eigenvalue weighted by molar-refractivity contribution is -0.124. The number of hydrogen-bond acceptors (Lipinski definition) is 4. The molecule has 0 spiro atoms. The van der Waals surface area contributed by atoms with Crippen molar-refractivity contribution >= 4 is 41.9 Å². The maximum absolute atomic E-state index is 11.6. The largest absolute Gasteiger partial charge is 0.354 e. The van der Waals surface area contributed by atoms with Crippen LogP contribution in [0.5, 0.6) is 0 Å². The van der Waals surface area contributed by atoms with Gasteiger partial charge in [-0.1, -0.05) is 0 Å². The minimum atomic E-state index is -0.320. The Kier molecular flexibility index (Phi) is 7.23. The number of rotatable bonds is 5. The van der Waals surface area contributed by atoms with E-state index in [-0.39, 0.29) is 42.5 Å². The standard InChI is InChI=1S/C16H25N7O2.HI/c1-17-15(18-4-6-23-14(24)9-19-16(23)25)22-5-3-12(11-22)7-13-8-20-21(2)10-13;/h8,10,12H,3-7,9,11H2,1-2H3,(H,17,18)(H,19,25);1H. The Hall–Kier alpha value is -1.85. The molecule has 0 bridgehead atoms. The van der Waals surface area contributed by atoms with E-state index in [4.69, 9.17) is 0 Å². The molecule has 1 unspecified atom stereocenters. The fourth-order valence-corrected chi connectivity index (χ4v) is 3.40. The first-order chi connectivity index (χ1) is 12.1. The fourth-order valence-electron chi connectivity index (χ4n) is 3.40. The molecule has 2 fully saturated rings. The molecule has 2 saturated heterocycles. The summed E-state index contributed by atoms with van der Waals surface area (Å²) in [7, 11) is 3.69. The number of aliphatic imine (C=N–C) groups is 1. The van der Waals surface area contributed by atoms with Crippen molar-refractivity contribution < 1.29 is 9.59 Å². The number of nitrogens with zero attached hydrogens (tertiary/aromatic N) is 5. The first kappa shape index (κ1) is 20.5. The predicted octanol–water partition coefficient (Wildman–Crippen LogP) is 0.0297. The number of nitrogens with one attached hydrogen (secondary N) is 2. The lowest BCUT2D eigenvalue weighted by Gasteiger charge is -2.22. The van der Waals surface area contributed by atoms with Crippen molar-refractivity contribution in [3.63, 3.8) is 0 Å². The Balaban J connectivity index is 0.00000243. The summed E-state index contributed by atoms with van der Waals surface area (Å²) in [4.78, 5) is 30.9.